The molecule has 1 N–H and O–H groups in total. The molecule has 0 radical (unpaired) electrons. The Morgan fingerprint density at radius 1 is 1.00 bits per heavy atom. The van der Waals surface area contributed by atoms with E-state index < -0.39 is 12.1 Å². The van der Waals surface area contributed by atoms with Crippen LogP contribution in [-0.2, 0) is 4.79 Å². The van der Waals surface area contributed by atoms with Gasteiger partial charge in [-0.25, -0.2) is 4.79 Å². The summed E-state index contributed by atoms with van der Waals surface area (Å²) in [4.78, 5) is 11.5. The minimum Gasteiger partial charge on any atom is -0.478 e. The molecule has 3 nitrogen and oxygen atoms in total. The maximum Gasteiger partial charge on any atom is 0.349 e. The summed E-state index contributed by atoms with van der Waals surface area (Å²) in [6.07, 6.45) is -0.990. The number of para-hydroxylation sites is 1. The Morgan fingerprint density at radius 2 is 1.60 bits per heavy atom. The summed E-state index contributed by atoms with van der Waals surface area (Å²) in [7, 11) is 0. The molecule has 2 aromatic carbocycles. The van der Waals surface area contributed by atoms with Crippen molar-refractivity contribution < 1.29 is 14.6 Å². The van der Waals surface area contributed by atoms with E-state index in [4.69, 9.17) is 4.74 Å². The van der Waals surface area contributed by atoms with Crippen LogP contribution in [0.2, 0.25) is 0 Å². The molecule has 20 heavy (non-hydrogen) atoms. The summed E-state index contributed by atoms with van der Waals surface area (Å²) in [6, 6.07) is 16.5. The smallest absolute Gasteiger partial charge is 0.349 e. The van der Waals surface area contributed by atoms with E-state index in [-0.39, 0.29) is 5.92 Å². The average molecular weight is 270 g/mol. The number of hydrogen-bond donors (Lipinski definition) is 1. The molecule has 0 aromatic heterocycles. The van der Waals surface area contributed by atoms with Gasteiger partial charge >= 0.3 is 5.97 Å². The van der Waals surface area contributed by atoms with Crippen molar-refractivity contribution in [2.45, 2.75) is 25.9 Å². The predicted molar refractivity (Wildman–Crippen MR) is 78.0 cm³/mol. The van der Waals surface area contributed by atoms with Crippen LogP contribution in [-0.4, -0.2) is 11.1 Å². The Hall–Kier alpha value is -2.29. The highest BCUT2D eigenvalue weighted by Crippen LogP contribution is 2.30. The third-order valence-corrected chi connectivity index (χ3v) is 3.11. The number of carboxylic acids is 1. The fraction of sp³-hybridized carbons (Fsp3) is 0.235. The molecule has 0 saturated heterocycles. The van der Waals surface area contributed by atoms with Crippen molar-refractivity contribution in [1.29, 1.82) is 0 Å². The average Bonchev–Trinajstić information content (AvgIpc) is 2.45. The van der Waals surface area contributed by atoms with Crippen LogP contribution in [0.1, 0.15) is 37.0 Å². The fourth-order valence-electron chi connectivity index (χ4n) is 2.08. The van der Waals surface area contributed by atoms with Gasteiger partial charge in [-0.15, -0.1) is 0 Å². The third-order valence-electron chi connectivity index (χ3n) is 3.11. The summed E-state index contributed by atoms with van der Waals surface area (Å²) >= 11 is 0. The molecule has 0 aliphatic carbocycles. The minimum atomic E-state index is -0.991. The SMILES string of the molecule is CC(C)c1ccccc1OC(C(=O)O)c1ccccc1. The normalized spacial score (nSPS) is 12.2. The van der Waals surface area contributed by atoms with Crippen molar-refractivity contribution in [2.75, 3.05) is 0 Å². The van der Waals surface area contributed by atoms with Crippen LogP contribution < -0.4 is 4.74 Å². The van der Waals surface area contributed by atoms with Gasteiger partial charge < -0.3 is 9.84 Å². The van der Waals surface area contributed by atoms with Crippen LogP contribution in [0.3, 0.4) is 0 Å². The van der Waals surface area contributed by atoms with Gasteiger partial charge in [-0.05, 0) is 17.5 Å². The first kappa shape index (κ1) is 14.1. The van der Waals surface area contributed by atoms with Gasteiger partial charge in [0.25, 0.3) is 0 Å². The van der Waals surface area contributed by atoms with Gasteiger partial charge in [0.2, 0.25) is 6.10 Å². The molecule has 0 fully saturated rings. The Bertz CT molecular complexity index is 576. The van der Waals surface area contributed by atoms with E-state index in [0.717, 1.165) is 5.56 Å². The largest absolute Gasteiger partial charge is 0.478 e. The zero-order valence-corrected chi connectivity index (χ0v) is 11.6. The molecule has 0 saturated carbocycles. The lowest BCUT2D eigenvalue weighted by Gasteiger charge is -2.19. The molecular formula is C17H18O3. The van der Waals surface area contributed by atoms with Crippen LogP contribution in [0.4, 0.5) is 0 Å². The molecule has 2 rings (SSSR count). The maximum atomic E-state index is 11.5. The van der Waals surface area contributed by atoms with Crippen LogP contribution >= 0.6 is 0 Å². The Kier molecular flexibility index (Phi) is 4.41. The maximum absolute atomic E-state index is 11.5. The third kappa shape index (κ3) is 3.18. The lowest BCUT2D eigenvalue weighted by Crippen LogP contribution is -2.18. The van der Waals surface area contributed by atoms with Gasteiger partial charge in [0, 0.05) is 5.56 Å². The van der Waals surface area contributed by atoms with Gasteiger partial charge in [-0.3, -0.25) is 0 Å². The van der Waals surface area contributed by atoms with E-state index in [1.807, 2.05) is 42.5 Å². The van der Waals surface area contributed by atoms with Crippen molar-refractivity contribution in [1.82, 2.24) is 0 Å². The van der Waals surface area contributed by atoms with Gasteiger partial charge in [0.15, 0.2) is 0 Å². The van der Waals surface area contributed by atoms with E-state index in [1.165, 1.54) is 0 Å². The van der Waals surface area contributed by atoms with Gasteiger partial charge in [-0.2, -0.15) is 0 Å². The number of aliphatic carboxylic acids is 1. The monoisotopic (exact) mass is 270 g/mol. The second kappa shape index (κ2) is 6.24. The highest BCUT2D eigenvalue weighted by Gasteiger charge is 2.23. The quantitative estimate of drug-likeness (QED) is 0.892. The lowest BCUT2D eigenvalue weighted by molar-refractivity contribution is -0.145. The van der Waals surface area contributed by atoms with Crippen molar-refractivity contribution in [3.63, 3.8) is 0 Å². The molecule has 104 valence electrons. The number of rotatable bonds is 5. The molecule has 0 amide bonds. The molecule has 2 aromatic rings. The molecule has 0 aliphatic heterocycles. The zero-order valence-electron chi connectivity index (χ0n) is 11.6. The van der Waals surface area contributed by atoms with Crippen LogP contribution in [0.5, 0.6) is 5.75 Å². The Morgan fingerprint density at radius 3 is 2.20 bits per heavy atom. The second-order valence-electron chi connectivity index (χ2n) is 4.94. The first-order valence-electron chi connectivity index (χ1n) is 6.63. The summed E-state index contributed by atoms with van der Waals surface area (Å²) in [5.74, 6) is -0.0927. The molecular weight excluding hydrogens is 252 g/mol. The number of hydrogen-bond acceptors (Lipinski definition) is 2. The van der Waals surface area contributed by atoms with Gasteiger partial charge in [-0.1, -0.05) is 62.4 Å². The van der Waals surface area contributed by atoms with E-state index in [2.05, 4.69) is 13.8 Å². The van der Waals surface area contributed by atoms with Crippen LogP contribution in [0.15, 0.2) is 54.6 Å². The number of ether oxygens (including phenoxy) is 1. The highest BCUT2D eigenvalue weighted by atomic mass is 16.5. The highest BCUT2D eigenvalue weighted by molar-refractivity contribution is 5.75. The summed E-state index contributed by atoms with van der Waals surface area (Å²) < 4.78 is 5.75. The van der Waals surface area contributed by atoms with Crippen LogP contribution in [0, 0.1) is 0 Å². The molecule has 1 unspecified atom stereocenters. The van der Waals surface area contributed by atoms with E-state index >= 15 is 0 Å². The fourth-order valence-corrected chi connectivity index (χ4v) is 2.08. The van der Waals surface area contributed by atoms with Crippen molar-refractivity contribution >= 4 is 5.97 Å². The number of carboxylic acid groups (broad SMARTS) is 1. The van der Waals surface area contributed by atoms with E-state index in [0.29, 0.717) is 11.3 Å². The zero-order chi connectivity index (χ0) is 14.5. The van der Waals surface area contributed by atoms with Crippen LogP contribution in [0.25, 0.3) is 0 Å². The lowest BCUT2D eigenvalue weighted by atomic mass is 10.0. The standard InChI is InChI=1S/C17H18O3/c1-12(2)14-10-6-7-11-15(14)20-16(17(18)19)13-8-4-3-5-9-13/h3-12,16H,1-2H3,(H,18,19). The van der Waals surface area contributed by atoms with E-state index in [1.54, 1.807) is 12.1 Å². The Labute approximate surface area is 118 Å². The van der Waals surface area contributed by atoms with Gasteiger partial charge in [0.05, 0.1) is 0 Å². The van der Waals surface area contributed by atoms with Gasteiger partial charge in [0.1, 0.15) is 5.75 Å². The minimum absolute atomic E-state index is 0.274. The summed E-state index contributed by atoms with van der Waals surface area (Å²) in [5.41, 5.74) is 1.65. The van der Waals surface area contributed by atoms with Crippen molar-refractivity contribution in [2.24, 2.45) is 0 Å². The van der Waals surface area contributed by atoms with E-state index in [9.17, 15) is 9.90 Å². The van der Waals surface area contributed by atoms with Crippen molar-refractivity contribution in [3.05, 3.63) is 65.7 Å². The summed E-state index contributed by atoms with van der Waals surface area (Å²) in [5, 5.41) is 9.39. The first-order valence-corrected chi connectivity index (χ1v) is 6.63. The Balaban J connectivity index is 2.33. The number of carbonyl (C=O) groups is 1. The summed E-state index contributed by atoms with van der Waals surface area (Å²) in [6.45, 7) is 4.11. The molecule has 0 heterocycles. The molecule has 0 spiro atoms. The second-order valence-corrected chi connectivity index (χ2v) is 4.94. The molecule has 3 heteroatoms. The molecule has 1 atom stereocenters. The first-order chi connectivity index (χ1) is 9.59. The van der Waals surface area contributed by atoms with Crippen molar-refractivity contribution in [3.8, 4) is 5.75 Å². The molecule has 0 bridgehead atoms. The predicted octanol–water partition coefficient (Wildman–Crippen LogP) is 4.01. The number of benzene rings is 2. The topological polar surface area (TPSA) is 46.5 Å². The molecule has 0 aliphatic rings.